The van der Waals surface area contributed by atoms with Crippen LogP contribution in [0.2, 0.25) is 10.0 Å². The molecule has 0 radical (unpaired) electrons. The van der Waals surface area contributed by atoms with Gasteiger partial charge in [-0.15, -0.1) is 0 Å². The van der Waals surface area contributed by atoms with E-state index in [9.17, 15) is 4.79 Å². The van der Waals surface area contributed by atoms with Crippen molar-refractivity contribution in [3.05, 3.63) is 81.7 Å². The van der Waals surface area contributed by atoms with Gasteiger partial charge >= 0.3 is 0 Å². The molecule has 0 saturated carbocycles. The number of nitrogens with zero attached hydrogens (tertiary/aromatic N) is 3. The minimum atomic E-state index is -0.109. The lowest BCUT2D eigenvalue weighted by Crippen LogP contribution is -2.30. The standard InChI is InChI=1S/C22H20Cl2N4O2/c23-17-3-1-4-18(24)16(17)13-30-20-11-15(12-27-21(20)25)22(29)28-10-2-5-19(28)14-6-8-26-9-7-14/h1,3-4,6-9,11-12,19H,2,5,10,13H2,(H2,25,27). The predicted molar refractivity (Wildman–Crippen MR) is 117 cm³/mol. The number of likely N-dealkylation sites (tertiary alicyclic amines) is 1. The van der Waals surface area contributed by atoms with Crippen LogP contribution in [-0.2, 0) is 6.61 Å². The van der Waals surface area contributed by atoms with Crippen molar-refractivity contribution in [2.45, 2.75) is 25.5 Å². The summed E-state index contributed by atoms with van der Waals surface area (Å²) >= 11 is 12.4. The molecule has 1 unspecified atom stereocenters. The van der Waals surface area contributed by atoms with Gasteiger partial charge in [-0.05, 0) is 48.7 Å². The molecule has 0 aliphatic carbocycles. The van der Waals surface area contributed by atoms with Crippen molar-refractivity contribution in [3.8, 4) is 5.75 Å². The van der Waals surface area contributed by atoms with Gasteiger partial charge in [0, 0.05) is 40.7 Å². The fourth-order valence-corrected chi connectivity index (χ4v) is 4.12. The summed E-state index contributed by atoms with van der Waals surface area (Å²) in [5.74, 6) is 0.403. The highest BCUT2D eigenvalue weighted by molar-refractivity contribution is 6.35. The molecule has 2 N–H and O–H groups in total. The van der Waals surface area contributed by atoms with Crippen molar-refractivity contribution in [2.75, 3.05) is 12.3 Å². The Hall–Kier alpha value is -2.83. The molecule has 2 aromatic heterocycles. The zero-order valence-electron chi connectivity index (χ0n) is 16.1. The maximum Gasteiger partial charge on any atom is 0.256 e. The van der Waals surface area contributed by atoms with E-state index in [0.29, 0.717) is 33.5 Å². The molecule has 1 aliphatic heterocycles. The summed E-state index contributed by atoms with van der Waals surface area (Å²) in [6.07, 6.45) is 6.82. The first kappa shape index (κ1) is 20.4. The van der Waals surface area contributed by atoms with Crippen LogP contribution in [-0.4, -0.2) is 27.3 Å². The molecular formula is C22H20Cl2N4O2. The molecule has 1 aliphatic rings. The lowest BCUT2D eigenvalue weighted by Gasteiger charge is -2.25. The van der Waals surface area contributed by atoms with E-state index in [2.05, 4.69) is 9.97 Å². The second-order valence-corrected chi connectivity index (χ2v) is 7.85. The van der Waals surface area contributed by atoms with Gasteiger partial charge in [-0.2, -0.15) is 0 Å². The number of anilines is 1. The maximum absolute atomic E-state index is 13.2. The van der Waals surface area contributed by atoms with Crippen molar-refractivity contribution in [1.82, 2.24) is 14.9 Å². The average molecular weight is 443 g/mol. The summed E-state index contributed by atoms with van der Waals surface area (Å²) in [5.41, 5.74) is 8.11. The molecule has 1 aromatic carbocycles. The molecule has 1 fully saturated rings. The number of aromatic nitrogens is 2. The van der Waals surface area contributed by atoms with E-state index in [1.54, 1.807) is 36.7 Å². The minimum absolute atomic E-state index is 0.0179. The van der Waals surface area contributed by atoms with Crippen LogP contribution in [0.3, 0.4) is 0 Å². The number of hydrogen-bond acceptors (Lipinski definition) is 5. The van der Waals surface area contributed by atoms with Crippen molar-refractivity contribution in [3.63, 3.8) is 0 Å². The summed E-state index contributed by atoms with van der Waals surface area (Å²) in [6.45, 7) is 0.799. The number of ether oxygens (including phenoxy) is 1. The number of carbonyl (C=O) groups excluding carboxylic acids is 1. The van der Waals surface area contributed by atoms with Crippen LogP contribution in [0.1, 0.15) is 40.4 Å². The zero-order chi connectivity index (χ0) is 21.1. The summed E-state index contributed by atoms with van der Waals surface area (Å²) in [5, 5.41) is 0.997. The SMILES string of the molecule is Nc1ncc(C(=O)N2CCCC2c2ccncc2)cc1OCc1c(Cl)cccc1Cl. The normalized spacial score (nSPS) is 15.9. The molecular weight excluding hydrogens is 423 g/mol. The summed E-state index contributed by atoms with van der Waals surface area (Å²) in [6, 6.07) is 10.8. The van der Waals surface area contributed by atoms with Gasteiger partial charge in [0.05, 0.1) is 11.6 Å². The van der Waals surface area contributed by atoms with E-state index in [1.165, 1.54) is 6.20 Å². The van der Waals surface area contributed by atoms with Crippen molar-refractivity contribution in [2.24, 2.45) is 0 Å². The minimum Gasteiger partial charge on any atom is -0.485 e. The van der Waals surface area contributed by atoms with E-state index in [4.69, 9.17) is 33.7 Å². The molecule has 4 rings (SSSR count). The number of pyridine rings is 2. The molecule has 1 saturated heterocycles. The number of halogens is 2. The first-order valence-corrected chi connectivity index (χ1v) is 10.3. The Morgan fingerprint density at radius 2 is 1.93 bits per heavy atom. The van der Waals surface area contributed by atoms with Crippen LogP contribution in [0.15, 0.2) is 55.0 Å². The Morgan fingerprint density at radius 3 is 2.67 bits per heavy atom. The summed E-state index contributed by atoms with van der Waals surface area (Å²) in [4.78, 5) is 23.3. The van der Waals surface area contributed by atoms with Crippen LogP contribution in [0.4, 0.5) is 5.82 Å². The van der Waals surface area contributed by atoms with Gasteiger partial charge in [-0.1, -0.05) is 29.3 Å². The number of benzene rings is 1. The molecule has 3 heterocycles. The fraction of sp³-hybridized carbons (Fsp3) is 0.227. The second kappa shape index (κ2) is 8.90. The van der Waals surface area contributed by atoms with Crippen LogP contribution < -0.4 is 10.5 Å². The van der Waals surface area contributed by atoms with Gasteiger partial charge in [0.2, 0.25) is 0 Å². The van der Waals surface area contributed by atoms with Gasteiger partial charge in [-0.3, -0.25) is 9.78 Å². The van der Waals surface area contributed by atoms with Gasteiger partial charge < -0.3 is 15.4 Å². The second-order valence-electron chi connectivity index (χ2n) is 7.03. The largest absolute Gasteiger partial charge is 0.485 e. The molecule has 6 nitrogen and oxygen atoms in total. The fourth-order valence-electron chi connectivity index (χ4n) is 3.62. The highest BCUT2D eigenvalue weighted by Gasteiger charge is 2.31. The number of carbonyl (C=O) groups is 1. The van der Waals surface area contributed by atoms with Gasteiger partial charge in [0.15, 0.2) is 11.6 Å². The van der Waals surface area contributed by atoms with E-state index in [-0.39, 0.29) is 24.4 Å². The van der Waals surface area contributed by atoms with Crippen LogP contribution in [0.5, 0.6) is 5.75 Å². The topological polar surface area (TPSA) is 81.3 Å². The number of amides is 1. The Morgan fingerprint density at radius 1 is 1.20 bits per heavy atom. The molecule has 0 spiro atoms. The molecule has 30 heavy (non-hydrogen) atoms. The van der Waals surface area contributed by atoms with Crippen LogP contribution in [0, 0.1) is 0 Å². The third-order valence-corrected chi connectivity index (χ3v) is 5.88. The van der Waals surface area contributed by atoms with Gasteiger partial charge in [0.25, 0.3) is 5.91 Å². The Balaban J connectivity index is 1.54. The lowest BCUT2D eigenvalue weighted by atomic mass is 10.1. The predicted octanol–water partition coefficient (Wildman–Crippen LogP) is 4.92. The molecule has 1 atom stereocenters. The van der Waals surface area contributed by atoms with Crippen molar-refractivity contribution >= 4 is 34.9 Å². The van der Waals surface area contributed by atoms with E-state index in [1.807, 2.05) is 17.0 Å². The van der Waals surface area contributed by atoms with Crippen molar-refractivity contribution < 1.29 is 9.53 Å². The third-order valence-electron chi connectivity index (χ3n) is 5.17. The summed E-state index contributed by atoms with van der Waals surface area (Å²) < 4.78 is 5.81. The van der Waals surface area contributed by atoms with E-state index in [0.717, 1.165) is 18.4 Å². The number of nitrogen functional groups attached to an aromatic ring is 1. The van der Waals surface area contributed by atoms with E-state index >= 15 is 0 Å². The Bertz CT molecular complexity index is 1040. The Kier molecular flexibility index (Phi) is 6.06. The van der Waals surface area contributed by atoms with Crippen LogP contribution >= 0.6 is 23.2 Å². The van der Waals surface area contributed by atoms with Gasteiger partial charge in [0.1, 0.15) is 6.61 Å². The third kappa shape index (κ3) is 4.20. The Labute approximate surface area is 184 Å². The molecule has 8 heteroatoms. The first-order valence-electron chi connectivity index (χ1n) is 9.56. The van der Waals surface area contributed by atoms with Crippen LogP contribution in [0.25, 0.3) is 0 Å². The quantitative estimate of drug-likeness (QED) is 0.605. The lowest BCUT2D eigenvalue weighted by molar-refractivity contribution is 0.0734. The van der Waals surface area contributed by atoms with Gasteiger partial charge in [-0.25, -0.2) is 4.98 Å². The molecule has 0 bridgehead atoms. The zero-order valence-corrected chi connectivity index (χ0v) is 17.6. The highest BCUT2D eigenvalue weighted by atomic mass is 35.5. The smallest absolute Gasteiger partial charge is 0.256 e. The molecule has 3 aromatic rings. The summed E-state index contributed by atoms with van der Waals surface area (Å²) in [7, 11) is 0. The number of nitrogens with two attached hydrogens (primary N) is 1. The van der Waals surface area contributed by atoms with Crippen molar-refractivity contribution in [1.29, 1.82) is 0 Å². The molecule has 154 valence electrons. The maximum atomic E-state index is 13.2. The number of rotatable bonds is 5. The number of hydrogen-bond donors (Lipinski definition) is 1. The molecule has 1 amide bonds. The first-order chi connectivity index (χ1) is 14.5. The highest BCUT2D eigenvalue weighted by Crippen LogP contribution is 2.34. The van der Waals surface area contributed by atoms with E-state index < -0.39 is 0 Å². The average Bonchev–Trinajstić information content (AvgIpc) is 3.24. The monoisotopic (exact) mass is 442 g/mol.